The number of hydrogen-bond donors (Lipinski definition) is 0. The van der Waals surface area contributed by atoms with Crippen LogP contribution in [-0.4, -0.2) is 50.7 Å². The van der Waals surface area contributed by atoms with Crippen molar-refractivity contribution in [3.05, 3.63) is 63.5 Å². The van der Waals surface area contributed by atoms with Crippen LogP contribution in [0.25, 0.3) is 11.0 Å². The number of anilines is 1. The lowest BCUT2D eigenvalue weighted by Gasteiger charge is -2.36. The molecule has 31 heavy (non-hydrogen) atoms. The molecule has 7 nitrogen and oxygen atoms in total. The van der Waals surface area contributed by atoms with Crippen molar-refractivity contribution in [2.24, 2.45) is 0 Å². The monoisotopic (exact) mass is 442 g/mol. The van der Waals surface area contributed by atoms with Crippen molar-refractivity contribution in [1.29, 1.82) is 0 Å². The molecule has 2 aromatic carbocycles. The average Bonchev–Trinajstić information content (AvgIpc) is 2.78. The molecule has 1 aliphatic rings. The smallest absolute Gasteiger partial charge is 0.336 e. The molecule has 0 radical (unpaired) electrons. The number of halogens is 1. The lowest BCUT2D eigenvalue weighted by molar-refractivity contribution is -0.133. The molecule has 1 amide bonds. The Morgan fingerprint density at radius 3 is 2.48 bits per heavy atom. The molecule has 3 aromatic rings. The fraction of sp³-hybridized carbons (Fsp3) is 0.304. The summed E-state index contributed by atoms with van der Waals surface area (Å²) in [5.74, 6) is 1.01. The Labute approximate surface area is 184 Å². The van der Waals surface area contributed by atoms with E-state index in [9.17, 15) is 9.59 Å². The van der Waals surface area contributed by atoms with Gasteiger partial charge in [0.2, 0.25) is 0 Å². The van der Waals surface area contributed by atoms with E-state index in [0.717, 1.165) is 35.5 Å². The topological polar surface area (TPSA) is 72.2 Å². The van der Waals surface area contributed by atoms with Gasteiger partial charge in [-0.05, 0) is 42.8 Å². The second-order valence-electron chi connectivity index (χ2n) is 7.38. The number of methoxy groups -OCH3 is 1. The molecule has 162 valence electrons. The zero-order chi connectivity index (χ0) is 22.0. The van der Waals surface area contributed by atoms with Gasteiger partial charge in [-0.15, -0.1) is 0 Å². The number of fused-ring (bicyclic) bond motifs is 1. The van der Waals surface area contributed by atoms with Crippen molar-refractivity contribution in [2.75, 3.05) is 44.8 Å². The van der Waals surface area contributed by atoms with E-state index in [1.54, 1.807) is 24.1 Å². The summed E-state index contributed by atoms with van der Waals surface area (Å²) in [4.78, 5) is 28.3. The maximum absolute atomic E-state index is 12.6. The van der Waals surface area contributed by atoms with Gasteiger partial charge < -0.3 is 23.7 Å². The second-order valence-corrected chi connectivity index (χ2v) is 7.79. The Balaban J connectivity index is 1.36. The first kappa shape index (κ1) is 21.1. The number of nitrogens with zero attached hydrogens (tertiary/aromatic N) is 2. The molecule has 0 spiro atoms. The highest BCUT2D eigenvalue weighted by molar-refractivity contribution is 6.32. The Morgan fingerprint density at radius 2 is 1.81 bits per heavy atom. The van der Waals surface area contributed by atoms with Gasteiger partial charge in [-0.25, -0.2) is 4.79 Å². The fourth-order valence-electron chi connectivity index (χ4n) is 3.67. The summed E-state index contributed by atoms with van der Waals surface area (Å²) in [6.07, 6.45) is 0. The SMILES string of the molecule is COc1ccc(N2CCN(C(=O)COc3cc4oc(=O)cc(C)c4cc3Cl)CC2)cc1. The molecule has 0 atom stereocenters. The number of aryl methyl sites for hydroxylation is 1. The third-order valence-corrected chi connectivity index (χ3v) is 5.72. The van der Waals surface area contributed by atoms with Crippen molar-refractivity contribution in [1.82, 2.24) is 4.90 Å². The van der Waals surface area contributed by atoms with Crippen LogP contribution in [0.2, 0.25) is 5.02 Å². The summed E-state index contributed by atoms with van der Waals surface area (Å²) < 4.78 is 16.1. The predicted octanol–water partition coefficient (Wildman–Crippen LogP) is 3.49. The molecular weight excluding hydrogens is 420 g/mol. The number of piperazine rings is 1. The van der Waals surface area contributed by atoms with Gasteiger partial charge in [-0.3, -0.25) is 4.79 Å². The van der Waals surface area contributed by atoms with Crippen LogP contribution in [0.1, 0.15) is 5.56 Å². The van der Waals surface area contributed by atoms with E-state index in [4.69, 9.17) is 25.5 Å². The maximum atomic E-state index is 12.6. The highest BCUT2D eigenvalue weighted by Gasteiger charge is 2.22. The standard InChI is InChI=1S/C23H23ClN2O5/c1-15-11-23(28)31-20-13-21(19(24)12-18(15)20)30-14-22(27)26-9-7-25(8-10-26)16-3-5-17(29-2)6-4-16/h3-6,11-13H,7-10,14H2,1-2H3. The van der Waals surface area contributed by atoms with Crippen LogP contribution in [0.4, 0.5) is 5.69 Å². The first-order valence-corrected chi connectivity index (χ1v) is 10.4. The quantitative estimate of drug-likeness (QED) is 0.563. The first-order valence-electron chi connectivity index (χ1n) is 9.98. The largest absolute Gasteiger partial charge is 0.497 e. The van der Waals surface area contributed by atoms with Crippen LogP contribution in [0.3, 0.4) is 0 Å². The van der Waals surface area contributed by atoms with E-state index in [2.05, 4.69) is 4.90 Å². The third-order valence-electron chi connectivity index (χ3n) is 5.42. The van der Waals surface area contributed by atoms with Gasteiger partial charge in [-0.1, -0.05) is 11.6 Å². The van der Waals surface area contributed by atoms with Gasteiger partial charge in [0.1, 0.15) is 17.1 Å². The van der Waals surface area contributed by atoms with Crippen LogP contribution in [0.15, 0.2) is 51.7 Å². The highest BCUT2D eigenvalue weighted by atomic mass is 35.5. The minimum atomic E-state index is -0.441. The number of hydrogen-bond acceptors (Lipinski definition) is 6. The number of ether oxygens (including phenoxy) is 2. The van der Waals surface area contributed by atoms with Gasteiger partial charge in [0, 0.05) is 49.4 Å². The van der Waals surface area contributed by atoms with E-state index in [0.29, 0.717) is 29.4 Å². The Kier molecular flexibility index (Phi) is 6.04. The Hall–Kier alpha value is -3.19. The van der Waals surface area contributed by atoms with Gasteiger partial charge in [-0.2, -0.15) is 0 Å². The minimum Gasteiger partial charge on any atom is -0.497 e. The van der Waals surface area contributed by atoms with Crippen molar-refractivity contribution < 1.29 is 18.7 Å². The molecule has 1 aromatic heterocycles. The summed E-state index contributed by atoms with van der Waals surface area (Å²) in [7, 11) is 1.64. The molecule has 1 fully saturated rings. The van der Waals surface area contributed by atoms with Crippen molar-refractivity contribution >= 4 is 34.2 Å². The normalized spacial score (nSPS) is 14.0. The molecule has 8 heteroatoms. The maximum Gasteiger partial charge on any atom is 0.336 e. The number of rotatable bonds is 5. The number of benzene rings is 2. The van der Waals surface area contributed by atoms with E-state index < -0.39 is 5.63 Å². The zero-order valence-electron chi connectivity index (χ0n) is 17.4. The summed E-state index contributed by atoms with van der Waals surface area (Å²) in [5, 5.41) is 1.10. The molecule has 0 aliphatic carbocycles. The molecule has 4 rings (SSSR count). The number of carbonyl (C=O) groups excluding carboxylic acids is 1. The summed E-state index contributed by atoms with van der Waals surface area (Å²) in [6.45, 7) is 4.36. The molecular formula is C23H23ClN2O5. The molecule has 0 bridgehead atoms. The summed E-state index contributed by atoms with van der Waals surface area (Å²) >= 11 is 6.31. The molecule has 1 saturated heterocycles. The summed E-state index contributed by atoms with van der Waals surface area (Å²) in [5.41, 5.74) is 1.81. The van der Waals surface area contributed by atoms with Crippen LogP contribution < -0.4 is 20.0 Å². The van der Waals surface area contributed by atoms with E-state index in [1.165, 1.54) is 6.07 Å². The Morgan fingerprint density at radius 1 is 1.10 bits per heavy atom. The van der Waals surface area contributed by atoms with Crippen LogP contribution >= 0.6 is 11.6 Å². The Bertz CT molecular complexity index is 1150. The first-order chi connectivity index (χ1) is 14.9. The highest BCUT2D eigenvalue weighted by Crippen LogP contribution is 2.31. The number of amides is 1. The average molecular weight is 443 g/mol. The zero-order valence-corrected chi connectivity index (χ0v) is 18.1. The van der Waals surface area contributed by atoms with Crippen LogP contribution in [-0.2, 0) is 4.79 Å². The molecule has 0 N–H and O–H groups in total. The van der Waals surface area contributed by atoms with Crippen molar-refractivity contribution in [2.45, 2.75) is 6.92 Å². The third kappa shape index (κ3) is 4.61. The van der Waals surface area contributed by atoms with Gasteiger partial charge in [0.25, 0.3) is 5.91 Å². The van der Waals surface area contributed by atoms with Gasteiger partial charge >= 0.3 is 5.63 Å². The molecule has 0 unspecified atom stereocenters. The second kappa shape index (κ2) is 8.89. The van der Waals surface area contributed by atoms with Gasteiger partial charge in [0.15, 0.2) is 6.61 Å². The molecule has 0 saturated carbocycles. The molecule has 1 aliphatic heterocycles. The van der Waals surface area contributed by atoms with Crippen molar-refractivity contribution in [3.8, 4) is 11.5 Å². The lowest BCUT2D eigenvalue weighted by Crippen LogP contribution is -2.50. The van der Waals surface area contributed by atoms with Crippen molar-refractivity contribution in [3.63, 3.8) is 0 Å². The van der Waals surface area contributed by atoms with E-state index >= 15 is 0 Å². The van der Waals surface area contributed by atoms with Crippen LogP contribution in [0.5, 0.6) is 11.5 Å². The minimum absolute atomic E-state index is 0.115. The summed E-state index contributed by atoms with van der Waals surface area (Å²) in [6, 6.07) is 12.5. The van der Waals surface area contributed by atoms with E-state index in [1.807, 2.05) is 31.2 Å². The van der Waals surface area contributed by atoms with E-state index in [-0.39, 0.29) is 12.5 Å². The predicted molar refractivity (Wildman–Crippen MR) is 120 cm³/mol. The fourth-order valence-corrected chi connectivity index (χ4v) is 3.89. The molecule has 2 heterocycles. The lowest BCUT2D eigenvalue weighted by atomic mass is 10.1. The van der Waals surface area contributed by atoms with Crippen LogP contribution in [0, 0.1) is 6.92 Å². The van der Waals surface area contributed by atoms with Gasteiger partial charge in [0.05, 0.1) is 12.1 Å². The number of carbonyl (C=O) groups is 1.